The molecule has 0 radical (unpaired) electrons. The molecular weight excluding hydrogens is 258 g/mol. The summed E-state index contributed by atoms with van der Waals surface area (Å²) in [6.45, 7) is 1.56. The van der Waals surface area contributed by atoms with E-state index in [0.29, 0.717) is 11.3 Å². The van der Waals surface area contributed by atoms with Gasteiger partial charge in [0.05, 0.1) is 24.0 Å². The predicted octanol–water partition coefficient (Wildman–Crippen LogP) is 1.89. The minimum atomic E-state index is -1.15. The predicted molar refractivity (Wildman–Crippen MR) is 73.3 cm³/mol. The molecule has 0 spiro atoms. The van der Waals surface area contributed by atoms with Gasteiger partial charge in [-0.25, -0.2) is 4.68 Å². The zero-order valence-corrected chi connectivity index (χ0v) is 11.0. The Balaban J connectivity index is 2.25. The molecule has 0 aliphatic rings. The van der Waals surface area contributed by atoms with Gasteiger partial charge in [0.2, 0.25) is 0 Å². The van der Waals surface area contributed by atoms with Crippen LogP contribution >= 0.6 is 0 Å². The zero-order valence-electron chi connectivity index (χ0n) is 11.0. The quantitative estimate of drug-likeness (QED) is 0.493. The third-order valence-corrected chi connectivity index (χ3v) is 2.97. The van der Waals surface area contributed by atoms with Gasteiger partial charge in [-0.2, -0.15) is 5.10 Å². The maximum atomic E-state index is 10.1. The molecule has 2 rings (SSSR count). The Morgan fingerprint density at radius 1 is 1.35 bits per heavy atom. The maximum absolute atomic E-state index is 10.1. The molecule has 0 aliphatic carbocycles. The number of aryl methyl sites for hydroxylation is 1. The molecule has 0 amide bonds. The molecule has 1 aromatic heterocycles. The lowest BCUT2D eigenvalue weighted by Crippen LogP contribution is -2.21. The Labute approximate surface area is 115 Å². The first-order chi connectivity index (χ1) is 9.63. The van der Waals surface area contributed by atoms with Crippen LogP contribution in [0.2, 0.25) is 0 Å². The summed E-state index contributed by atoms with van der Waals surface area (Å²) >= 11 is 0. The summed E-state index contributed by atoms with van der Waals surface area (Å²) in [6, 6.07) is 9.45. The van der Waals surface area contributed by atoms with Crippen molar-refractivity contribution in [3.05, 3.63) is 58.2 Å². The van der Waals surface area contributed by atoms with E-state index in [1.165, 1.54) is 0 Å². The largest absolute Gasteiger partial charge is 0.390 e. The molecule has 0 bridgehead atoms. The number of rotatable bonds is 5. The minimum absolute atomic E-state index is 0.187. The summed E-state index contributed by atoms with van der Waals surface area (Å²) in [7, 11) is 0. The van der Waals surface area contributed by atoms with Gasteiger partial charge in [-0.1, -0.05) is 23.3 Å². The van der Waals surface area contributed by atoms with Gasteiger partial charge in [0.1, 0.15) is 6.10 Å². The van der Waals surface area contributed by atoms with Crippen molar-refractivity contribution in [3.8, 4) is 5.69 Å². The molecule has 0 saturated carbocycles. The molecule has 0 aliphatic heterocycles. The second-order valence-corrected chi connectivity index (χ2v) is 4.38. The number of hydrogen-bond donors (Lipinski definition) is 2. The summed E-state index contributed by atoms with van der Waals surface area (Å²) < 4.78 is 1.63. The zero-order chi connectivity index (χ0) is 14.5. The number of azide groups is 1. The third kappa shape index (κ3) is 2.97. The highest BCUT2D eigenvalue weighted by atomic mass is 16.3. The fraction of sp³-hybridized carbons (Fsp3) is 0.308. The van der Waals surface area contributed by atoms with Crippen LogP contribution in [-0.2, 0) is 0 Å². The van der Waals surface area contributed by atoms with Crippen molar-refractivity contribution < 1.29 is 10.2 Å². The Morgan fingerprint density at radius 2 is 2.05 bits per heavy atom. The summed E-state index contributed by atoms with van der Waals surface area (Å²) in [4.78, 5) is 2.56. The van der Waals surface area contributed by atoms with Crippen molar-refractivity contribution in [2.45, 2.75) is 19.1 Å². The first kappa shape index (κ1) is 14.1. The van der Waals surface area contributed by atoms with Crippen LogP contribution in [0.15, 0.2) is 41.6 Å². The molecule has 2 N–H and O–H groups in total. The third-order valence-electron chi connectivity index (χ3n) is 2.97. The lowest BCUT2D eigenvalue weighted by atomic mass is 10.1. The van der Waals surface area contributed by atoms with Crippen LogP contribution < -0.4 is 0 Å². The van der Waals surface area contributed by atoms with Crippen molar-refractivity contribution in [1.29, 1.82) is 0 Å². The maximum Gasteiger partial charge on any atom is 0.108 e. The molecule has 0 fully saturated rings. The van der Waals surface area contributed by atoms with E-state index < -0.39 is 12.2 Å². The topological polar surface area (TPSA) is 107 Å². The van der Waals surface area contributed by atoms with Gasteiger partial charge in [0.15, 0.2) is 0 Å². The number of aliphatic hydroxyl groups excluding tert-OH is 2. The van der Waals surface area contributed by atoms with Gasteiger partial charge in [0, 0.05) is 16.7 Å². The molecule has 20 heavy (non-hydrogen) atoms. The second-order valence-electron chi connectivity index (χ2n) is 4.38. The van der Waals surface area contributed by atoms with E-state index in [0.717, 1.165) is 5.69 Å². The highest BCUT2D eigenvalue weighted by molar-refractivity contribution is 5.33. The van der Waals surface area contributed by atoms with Gasteiger partial charge in [-0.3, -0.25) is 0 Å². The fourth-order valence-corrected chi connectivity index (χ4v) is 1.90. The van der Waals surface area contributed by atoms with Crippen molar-refractivity contribution in [3.63, 3.8) is 0 Å². The average Bonchev–Trinajstić information content (AvgIpc) is 2.87. The molecule has 1 heterocycles. The molecular formula is C13H15N5O2. The van der Waals surface area contributed by atoms with Gasteiger partial charge in [-0.15, -0.1) is 0 Å². The summed E-state index contributed by atoms with van der Waals surface area (Å²) in [5.41, 5.74) is 10.2. The lowest BCUT2D eigenvalue weighted by molar-refractivity contribution is 0.0240. The standard InChI is InChI=1S/C13H15N5O2/c1-9-11(13(20)12(19)7-15-17-14)8-18(16-9)10-5-3-2-4-6-10/h2-6,8,12-13,19-20H,7H2,1H3. The van der Waals surface area contributed by atoms with Crippen LogP contribution in [0, 0.1) is 6.92 Å². The van der Waals surface area contributed by atoms with Crippen LogP contribution in [0.3, 0.4) is 0 Å². The van der Waals surface area contributed by atoms with Crippen molar-refractivity contribution in [2.24, 2.45) is 5.11 Å². The van der Waals surface area contributed by atoms with Crippen LogP contribution in [0.1, 0.15) is 17.4 Å². The Hall–Kier alpha value is -2.34. The van der Waals surface area contributed by atoms with E-state index in [2.05, 4.69) is 15.1 Å². The van der Waals surface area contributed by atoms with Crippen LogP contribution in [0.5, 0.6) is 0 Å². The monoisotopic (exact) mass is 273 g/mol. The number of para-hydroxylation sites is 1. The fourth-order valence-electron chi connectivity index (χ4n) is 1.90. The molecule has 2 aromatic rings. The first-order valence-electron chi connectivity index (χ1n) is 6.12. The van der Waals surface area contributed by atoms with E-state index in [9.17, 15) is 10.2 Å². The van der Waals surface area contributed by atoms with Gasteiger partial charge in [0.25, 0.3) is 0 Å². The molecule has 0 saturated heterocycles. The molecule has 7 heteroatoms. The number of aromatic nitrogens is 2. The lowest BCUT2D eigenvalue weighted by Gasteiger charge is -2.14. The number of hydrogen-bond acceptors (Lipinski definition) is 4. The van der Waals surface area contributed by atoms with E-state index in [1.54, 1.807) is 17.8 Å². The van der Waals surface area contributed by atoms with E-state index in [1.807, 2.05) is 30.3 Å². The van der Waals surface area contributed by atoms with Gasteiger partial charge < -0.3 is 10.2 Å². The Kier molecular flexibility index (Phi) is 4.37. The van der Waals surface area contributed by atoms with Crippen LogP contribution in [0.4, 0.5) is 0 Å². The Morgan fingerprint density at radius 3 is 2.70 bits per heavy atom. The summed E-state index contributed by atoms with van der Waals surface area (Å²) in [5.74, 6) is 0. The van der Waals surface area contributed by atoms with Gasteiger partial charge >= 0.3 is 0 Å². The minimum Gasteiger partial charge on any atom is -0.390 e. The van der Waals surface area contributed by atoms with Crippen LogP contribution in [-0.4, -0.2) is 32.6 Å². The van der Waals surface area contributed by atoms with Crippen molar-refractivity contribution in [2.75, 3.05) is 6.54 Å². The van der Waals surface area contributed by atoms with E-state index in [4.69, 9.17) is 5.53 Å². The highest BCUT2D eigenvalue weighted by Gasteiger charge is 2.22. The second kappa shape index (κ2) is 6.21. The highest BCUT2D eigenvalue weighted by Crippen LogP contribution is 2.22. The number of aliphatic hydroxyl groups is 2. The Bertz CT molecular complexity index is 619. The normalized spacial score (nSPS) is 13.6. The number of nitrogens with zero attached hydrogens (tertiary/aromatic N) is 5. The van der Waals surface area contributed by atoms with Crippen molar-refractivity contribution >= 4 is 0 Å². The molecule has 1 aromatic carbocycles. The first-order valence-corrected chi connectivity index (χ1v) is 6.12. The molecule has 104 valence electrons. The number of benzene rings is 1. The molecule has 7 nitrogen and oxygen atoms in total. The van der Waals surface area contributed by atoms with Crippen LogP contribution in [0.25, 0.3) is 16.1 Å². The molecule has 2 unspecified atom stereocenters. The SMILES string of the molecule is Cc1nn(-c2ccccc2)cc1C(O)C(O)CN=[N+]=[N-]. The van der Waals surface area contributed by atoms with E-state index in [-0.39, 0.29) is 6.54 Å². The van der Waals surface area contributed by atoms with Gasteiger partial charge in [-0.05, 0) is 24.6 Å². The van der Waals surface area contributed by atoms with Crippen molar-refractivity contribution in [1.82, 2.24) is 9.78 Å². The summed E-state index contributed by atoms with van der Waals surface area (Å²) in [5, 5.41) is 27.4. The molecule has 2 atom stereocenters. The summed E-state index contributed by atoms with van der Waals surface area (Å²) in [6.07, 6.45) is -0.634. The smallest absolute Gasteiger partial charge is 0.108 e. The average molecular weight is 273 g/mol. The van der Waals surface area contributed by atoms with E-state index >= 15 is 0 Å².